The first-order valence-corrected chi connectivity index (χ1v) is 7.55. The molecule has 1 aliphatic rings. The van der Waals surface area contributed by atoms with Crippen LogP contribution >= 0.6 is 11.6 Å². The van der Waals surface area contributed by atoms with Crippen molar-refractivity contribution in [2.24, 2.45) is 0 Å². The minimum atomic E-state index is -0.258. The van der Waals surface area contributed by atoms with Crippen molar-refractivity contribution >= 4 is 23.1 Å². The lowest BCUT2D eigenvalue weighted by atomic mass is 10.2. The minimum absolute atomic E-state index is 0.258. The van der Waals surface area contributed by atoms with Crippen molar-refractivity contribution in [1.82, 2.24) is 9.97 Å². The van der Waals surface area contributed by atoms with E-state index in [2.05, 4.69) is 9.97 Å². The lowest BCUT2D eigenvalue weighted by Gasteiger charge is -2.24. The number of hydrogen-bond acceptors (Lipinski definition) is 3. The van der Waals surface area contributed by atoms with Crippen LogP contribution in [0, 0.1) is 12.7 Å². The summed E-state index contributed by atoms with van der Waals surface area (Å²) in [4.78, 5) is 11.0. The van der Waals surface area contributed by atoms with Crippen molar-refractivity contribution in [3.8, 4) is 0 Å². The van der Waals surface area contributed by atoms with Crippen LogP contribution in [0.1, 0.15) is 37.1 Å². The van der Waals surface area contributed by atoms with Crippen LogP contribution in [0.2, 0.25) is 5.15 Å². The molecule has 1 aliphatic carbocycles. The molecular weight excluding hydrogens is 289 g/mol. The Hall–Kier alpha value is -1.68. The minimum Gasteiger partial charge on any atom is -0.326 e. The molecule has 0 radical (unpaired) electrons. The molecule has 0 N–H and O–H groups in total. The van der Waals surface area contributed by atoms with Crippen LogP contribution in [0.3, 0.4) is 0 Å². The van der Waals surface area contributed by atoms with Crippen molar-refractivity contribution < 1.29 is 4.39 Å². The van der Waals surface area contributed by atoms with Crippen LogP contribution < -0.4 is 4.90 Å². The number of aromatic nitrogens is 2. The lowest BCUT2D eigenvalue weighted by Crippen LogP contribution is -2.20. The zero-order valence-electron chi connectivity index (χ0n) is 12.1. The van der Waals surface area contributed by atoms with E-state index in [4.69, 9.17) is 11.6 Å². The molecule has 1 aromatic carbocycles. The maximum absolute atomic E-state index is 13.5. The van der Waals surface area contributed by atoms with Gasteiger partial charge in [0.1, 0.15) is 22.6 Å². The molecule has 1 aromatic heterocycles. The van der Waals surface area contributed by atoms with Crippen LogP contribution in [0.15, 0.2) is 24.3 Å². The summed E-state index contributed by atoms with van der Waals surface area (Å²) in [6.45, 7) is 4.59. The van der Waals surface area contributed by atoms with E-state index in [1.165, 1.54) is 12.1 Å². The maximum Gasteiger partial charge on any atom is 0.141 e. The zero-order valence-corrected chi connectivity index (χ0v) is 12.9. The average molecular weight is 306 g/mol. The molecule has 0 atom stereocenters. The molecule has 1 fully saturated rings. The quantitative estimate of drug-likeness (QED) is 0.772. The van der Waals surface area contributed by atoms with Gasteiger partial charge in [-0.1, -0.05) is 17.7 Å². The highest BCUT2D eigenvalue weighted by Crippen LogP contribution is 2.40. The molecule has 0 amide bonds. The highest BCUT2D eigenvalue weighted by molar-refractivity contribution is 6.30. The van der Waals surface area contributed by atoms with Crippen molar-refractivity contribution in [1.29, 1.82) is 0 Å². The van der Waals surface area contributed by atoms with E-state index < -0.39 is 0 Å². The molecule has 0 aliphatic heterocycles. The van der Waals surface area contributed by atoms with E-state index in [9.17, 15) is 4.39 Å². The highest BCUT2D eigenvalue weighted by atomic mass is 35.5. The Morgan fingerprint density at radius 3 is 2.71 bits per heavy atom. The first-order valence-electron chi connectivity index (χ1n) is 7.17. The molecule has 1 saturated carbocycles. The van der Waals surface area contributed by atoms with Gasteiger partial charge in [0, 0.05) is 23.7 Å². The van der Waals surface area contributed by atoms with E-state index in [0.29, 0.717) is 17.6 Å². The Morgan fingerprint density at radius 2 is 2.10 bits per heavy atom. The molecule has 1 heterocycles. The Balaban J connectivity index is 2.07. The Bertz CT molecular complexity index is 671. The van der Waals surface area contributed by atoms with Gasteiger partial charge in [0.05, 0.1) is 0 Å². The second kappa shape index (κ2) is 5.60. The van der Waals surface area contributed by atoms with Crippen LogP contribution in [0.5, 0.6) is 0 Å². The van der Waals surface area contributed by atoms with Gasteiger partial charge in [0.2, 0.25) is 0 Å². The van der Waals surface area contributed by atoms with Gasteiger partial charge < -0.3 is 4.90 Å². The number of hydrogen-bond donors (Lipinski definition) is 0. The fourth-order valence-corrected chi connectivity index (χ4v) is 2.55. The summed E-state index contributed by atoms with van der Waals surface area (Å²) >= 11 is 6.26. The third kappa shape index (κ3) is 2.86. The molecule has 0 spiro atoms. The van der Waals surface area contributed by atoms with Crippen LogP contribution in [0.4, 0.5) is 15.9 Å². The van der Waals surface area contributed by atoms with Gasteiger partial charge in [-0.15, -0.1) is 0 Å². The summed E-state index contributed by atoms with van der Waals surface area (Å²) in [6.07, 6.45) is 2.23. The van der Waals surface area contributed by atoms with Gasteiger partial charge in [-0.3, -0.25) is 0 Å². The van der Waals surface area contributed by atoms with Crippen LogP contribution in [0.25, 0.3) is 0 Å². The number of nitrogens with zero attached hydrogens (tertiary/aromatic N) is 3. The third-order valence-electron chi connectivity index (χ3n) is 3.71. The summed E-state index contributed by atoms with van der Waals surface area (Å²) in [7, 11) is 0. The highest BCUT2D eigenvalue weighted by Gasteiger charge is 2.29. The van der Waals surface area contributed by atoms with Gasteiger partial charge in [-0.05, 0) is 44.9 Å². The molecule has 110 valence electrons. The summed E-state index contributed by atoms with van der Waals surface area (Å²) in [6, 6.07) is 6.52. The number of rotatable bonds is 4. The van der Waals surface area contributed by atoms with E-state index in [1.807, 2.05) is 24.8 Å². The molecular formula is C16H17ClFN3. The van der Waals surface area contributed by atoms with Crippen molar-refractivity contribution in [3.63, 3.8) is 0 Å². The summed E-state index contributed by atoms with van der Waals surface area (Å²) in [5, 5.41) is 0.483. The van der Waals surface area contributed by atoms with Gasteiger partial charge in [-0.25, -0.2) is 14.4 Å². The number of anilines is 2. The predicted octanol–water partition coefficient (Wildman–Crippen LogP) is 4.61. The zero-order chi connectivity index (χ0) is 15.0. The number of halogens is 2. The molecule has 5 heteroatoms. The fourth-order valence-electron chi connectivity index (χ4n) is 2.38. The first-order chi connectivity index (χ1) is 10.1. The Morgan fingerprint density at radius 1 is 1.33 bits per heavy atom. The topological polar surface area (TPSA) is 29.0 Å². The fraction of sp³-hybridized carbons (Fsp3) is 0.375. The molecule has 0 bridgehead atoms. The van der Waals surface area contributed by atoms with Gasteiger partial charge in [-0.2, -0.15) is 0 Å². The summed E-state index contributed by atoms with van der Waals surface area (Å²) in [5.74, 6) is 1.74. The van der Waals surface area contributed by atoms with Crippen molar-refractivity contribution in [3.05, 3.63) is 46.6 Å². The second-order valence-corrected chi connectivity index (χ2v) is 5.68. The average Bonchev–Trinajstić information content (AvgIpc) is 3.28. The van der Waals surface area contributed by atoms with E-state index in [1.54, 1.807) is 6.07 Å². The predicted molar refractivity (Wildman–Crippen MR) is 82.8 cm³/mol. The van der Waals surface area contributed by atoms with E-state index in [-0.39, 0.29) is 5.82 Å². The standard InChI is InChI=1S/C16H17ClFN3/c1-3-21(13-6-4-5-12(18)9-13)16-10(2)14(17)19-15(20-16)11-7-8-11/h4-6,9,11H,3,7-8H2,1-2H3. The van der Waals surface area contributed by atoms with Crippen molar-refractivity contribution in [2.45, 2.75) is 32.6 Å². The normalized spacial score (nSPS) is 14.3. The molecule has 3 rings (SSSR count). The molecule has 3 nitrogen and oxygen atoms in total. The van der Waals surface area contributed by atoms with Gasteiger partial charge in [0.15, 0.2) is 0 Å². The SMILES string of the molecule is CCN(c1cccc(F)c1)c1nc(C2CC2)nc(Cl)c1C. The smallest absolute Gasteiger partial charge is 0.141 e. The molecule has 2 aromatic rings. The van der Waals surface area contributed by atoms with E-state index >= 15 is 0 Å². The van der Waals surface area contributed by atoms with Gasteiger partial charge in [0.25, 0.3) is 0 Å². The van der Waals surface area contributed by atoms with E-state index in [0.717, 1.165) is 35.7 Å². The monoisotopic (exact) mass is 305 g/mol. The number of benzene rings is 1. The van der Waals surface area contributed by atoms with Gasteiger partial charge >= 0.3 is 0 Å². The van der Waals surface area contributed by atoms with Crippen molar-refractivity contribution in [2.75, 3.05) is 11.4 Å². The van der Waals surface area contributed by atoms with Crippen LogP contribution in [-0.2, 0) is 0 Å². The molecule has 21 heavy (non-hydrogen) atoms. The summed E-state index contributed by atoms with van der Waals surface area (Å²) < 4.78 is 13.5. The Labute approximate surface area is 128 Å². The third-order valence-corrected chi connectivity index (χ3v) is 4.08. The second-order valence-electron chi connectivity index (χ2n) is 5.32. The Kier molecular flexibility index (Phi) is 3.81. The molecule has 0 saturated heterocycles. The first kappa shape index (κ1) is 14.3. The summed E-state index contributed by atoms with van der Waals surface area (Å²) in [5.41, 5.74) is 1.60. The largest absolute Gasteiger partial charge is 0.326 e. The molecule has 0 unspecified atom stereocenters. The van der Waals surface area contributed by atoms with Crippen LogP contribution in [-0.4, -0.2) is 16.5 Å². The maximum atomic E-state index is 13.5. The lowest BCUT2D eigenvalue weighted by molar-refractivity contribution is 0.627.